The smallest absolute Gasteiger partial charge is 0.337 e. The SMILES string of the molecule is CC(=O)Nc1ccc(NC(=O)NC2CCC2)c(C(=O)O)c1. The predicted molar refractivity (Wildman–Crippen MR) is 77.5 cm³/mol. The van der Waals surface area contributed by atoms with Crippen molar-refractivity contribution < 1.29 is 19.5 Å². The number of anilines is 2. The second kappa shape index (κ2) is 6.25. The number of carbonyl (C=O) groups is 3. The van der Waals surface area contributed by atoms with E-state index in [-0.39, 0.29) is 23.2 Å². The van der Waals surface area contributed by atoms with E-state index in [0.717, 1.165) is 19.3 Å². The van der Waals surface area contributed by atoms with Gasteiger partial charge >= 0.3 is 12.0 Å². The normalized spacial score (nSPS) is 14.0. The zero-order valence-corrected chi connectivity index (χ0v) is 11.6. The van der Waals surface area contributed by atoms with E-state index in [4.69, 9.17) is 0 Å². The van der Waals surface area contributed by atoms with Crippen molar-refractivity contribution >= 4 is 29.3 Å². The second-order valence-corrected chi connectivity index (χ2v) is 4.97. The molecule has 4 N–H and O–H groups in total. The van der Waals surface area contributed by atoms with E-state index in [1.54, 1.807) is 0 Å². The quantitative estimate of drug-likeness (QED) is 0.680. The first-order valence-corrected chi connectivity index (χ1v) is 6.68. The Kier molecular flexibility index (Phi) is 4.42. The largest absolute Gasteiger partial charge is 0.478 e. The van der Waals surface area contributed by atoms with Crippen molar-refractivity contribution in [1.29, 1.82) is 0 Å². The molecule has 0 aliphatic heterocycles. The minimum Gasteiger partial charge on any atom is -0.478 e. The van der Waals surface area contributed by atoms with Crippen LogP contribution in [0.15, 0.2) is 18.2 Å². The van der Waals surface area contributed by atoms with Crippen LogP contribution in [0, 0.1) is 0 Å². The molecule has 112 valence electrons. The third-order valence-electron chi connectivity index (χ3n) is 3.26. The molecule has 2 rings (SSSR count). The van der Waals surface area contributed by atoms with Crippen LogP contribution in [0.25, 0.3) is 0 Å². The van der Waals surface area contributed by atoms with E-state index in [9.17, 15) is 19.5 Å². The first kappa shape index (κ1) is 14.8. The molecule has 0 bridgehead atoms. The van der Waals surface area contributed by atoms with Crippen LogP contribution in [0.4, 0.5) is 16.2 Å². The summed E-state index contributed by atoms with van der Waals surface area (Å²) in [6.45, 7) is 1.33. The molecule has 0 radical (unpaired) electrons. The van der Waals surface area contributed by atoms with Crippen LogP contribution in [0.1, 0.15) is 36.5 Å². The number of hydrogen-bond acceptors (Lipinski definition) is 3. The zero-order chi connectivity index (χ0) is 15.4. The molecule has 1 fully saturated rings. The Labute approximate surface area is 121 Å². The number of carbonyl (C=O) groups excluding carboxylic acids is 2. The van der Waals surface area contributed by atoms with Gasteiger partial charge in [-0.15, -0.1) is 0 Å². The van der Waals surface area contributed by atoms with Crippen molar-refractivity contribution in [3.05, 3.63) is 23.8 Å². The maximum Gasteiger partial charge on any atom is 0.337 e. The molecular weight excluding hydrogens is 274 g/mol. The molecule has 7 nitrogen and oxygen atoms in total. The molecule has 0 atom stereocenters. The lowest BCUT2D eigenvalue weighted by atomic mass is 9.93. The van der Waals surface area contributed by atoms with Gasteiger partial charge in [0.25, 0.3) is 0 Å². The van der Waals surface area contributed by atoms with Crippen molar-refractivity contribution in [3.8, 4) is 0 Å². The highest BCUT2D eigenvalue weighted by atomic mass is 16.4. The summed E-state index contributed by atoms with van der Waals surface area (Å²) in [7, 11) is 0. The summed E-state index contributed by atoms with van der Waals surface area (Å²) in [6, 6.07) is 4.04. The number of aromatic carboxylic acids is 1. The molecule has 3 amide bonds. The molecule has 0 spiro atoms. The maximum atomic E-state index is 11.8. The second-order valence-electron chi connectivity index (χ2n) is 4.97. The van der Waals surface area contributed by atoms with Crippen molar-refractivity contribution in [2.75, 3.05) is 10.6 Å². The summed E-state index contributed by atoms with van der Waals surface area (Å²) in [4.78, 5) is 34.0. The van der Waals surface area contributed by atoms with Gasteiger partial charge in [-0.2, -0.15) is 0 Å². The van der Waals surface area contributed by atoms with Gasteiger partial charge in [-0.25, -0.2) is 9.59 Å². The van der Waals surface area contributed by atoms with Crippen molar-refractivity contribution in [3.63, 3.8) is 0 Å². The average molecular weight is 291 g/mol. The van der Waals surface area contributed by atoms with Crippen molar-refractivity contribution in [1.82, 2.24) is 5.32 Å². The van der Waals surface area contributed by atoms with Crippen LogP contribution in [-0.4, -0.2) is 29.1 Å². The monoisotopic (exact) mass is 291 g/mol. The molecule has 1 saturated carbocycles. The van der Waals surface area contributed by atoms with Gasteiger partial charge < -0.3 is 21.1 Å². The third-order valence-corrected chi connectivity index (χ3v) is 3.26. The standard InChI is InChI=1S/C14H17N3O4/c1-8(18)15-10-5-6-12(11(7-10)13(19)20)17-14(21)16-9-3-2-4-9/h5-7,9H,2-4H2,1H3,(H,15,18)(H,19,20)(H2,16,17,21). The van der Waals surface area contributed by atoms with Crippen LogP contribution in [-0.2, 0) is 4.79 Å². The fourth-order valence-corrected chi connectivity index (χ4v) is 2.01. The molecule has 1 aromatic carbocycles. The molecule has 0 unspecified atom stereocenters. The van der Waals surface area contributed by atoms with Crippen LogP contribution in [0.2, 0.25) is 0 Å². The predicted octanol–water partition coefficient (Wildman–Crippen LogP) is 2.02. The topological polar surface area (TPSA) is 108 Å². The Balaban J connectivity index is 2.11. The van der Waals surface area contributed by atoms with E-state index in [0.29, 0.717) is 5.69 Å². The lowest BCUT2D eigenvalue weighted by molar-refractivity contribution is -0.114. The molecule has 0 aromatic heterocycles. The fourth-order valence-electron chi connectivity index (χ4n) is 2.01. The van der Waals surface area contributed by atoms with Gasteiger partial charge in [0.15, 0.2) is 0 Å². The minimum atomic E-state index is -1.18. The Hall–Kier alpha value is -2.57. The van der Waals surface area contributed by atoms with Gasteiger partial charge in [-0.3, -0.25) is 4.79 Å². The third kappa shape index (κ3) is 3.95. The number of nitrogens with one attached hydrogen (secondary N) is 3. The minimum absolute atomic E-state index is 0.0787. The summed E-state index contributed by atoms with van der Waals surface area (Å²) >= 11 is 0. The van der Waals surface area contributed by atoms with Gasteiger partial charge in [0, 0.05) is 18.7 Å². The van der Waals surface area contributed by atoms with E-state index in [2.05, 4.69) is 16.0 Å². The number of hydrogen-bond donors (Lipinski definition) is 4. The highest BCUT2D eigenvalue weighted by Crippen LogP contribution is 2.22. The molecule has 1 aromatic rings. The first-order valence-electron chi connectivity index (χ1n) is 6.68. The number of carboxylic acids is 1. The molecule has 7 heteroatoms. The van der Waals surface area contributed by atoms with Crippen molar-refractivity contribution in [2.45, 2.75) is 32.2 Å². The molecule has 1 aliphatic rings. The Morgan fingerprint density at radius 2 is 1.90 bits per heavy atom. The van der Waals surface area contributed by atoms with Crippen LogP contribution in [0.5, 0.6) is 0 Å². The zero-order valence-electron chi connectivity index (χ0n) is 11.6. The van der Waals surface area contributed by atoms with E-state index in [1.165, 1.54) is 25.1 Å². The number of carboxylic acid groups (broad SMARTS) is 1. The van der Waals surface area contributed by atoms with E-state index < -0.39 is 12.0 Å². The van der Waals surface area contributed by atoms with Crippen LogP contribution >= 0.6 is 0 Å². The van der Waals surface area contributed by atoms with E-state index >= 15 is 0 Å². The van der Waals surface area contributed by atoms with Crippen molar-refractivity contribution in [2.24, 2.45) is 0 Å². The highest BCUT2D eigenvalue weighted by Gasteiger charge is 2.20. The maximum absolute atomic E-state index is 11.8. The Bertz CT molecular complexity index is 582. The molecule has 0 heterocycles. The van der Waals surface area contributed by atoms with Crippen LogP contribution in [0.3, 0.4) is 0 Å². The number of urea groups is 1. The molecule has 1 aliphatic carbocycles. The van der Waals surface area contributed by atoms with E-state index in [1.807, 2.05) is 0 Å². The Morgan fingerprint density at radius 3 is 2.43 bits per heavy atom. The lowest BCUT2D eigenvalue weighted by Gasteiger charge is -2.26. The van der Waals surface area contributed by atoms with Gasteiger partial charge in [0.05, 0.1) is 11.3 Å². The average Bonchev–Trinajstić information content (AvgIpc) is 2.35. The number of rotatable bonds is 4. The molecule has 21 heavy (non-hydrogen) atoms. The fraction of sp³-hybridized carbons (Fsp3) is 0.357. The van der Waals surface area contributed by atoms with Crippen LogP contribution < -0.4 is 16.0 Å². The first-order chi connectivity index (χ1) is 9.95. The summed E-state index contributed by atoms with van der Waals surface area (Å²) in [5.41, 5.74) is 0.475. The highest BCUT2D eigenvalue weighted by molar-refractivity contribution is 6.01. The summed E-state index contributed by atoms with van der Waals surface area (Å²) in [5, 5.41) is 17.0. The Morgan fingerprint density at radius 1 is 1.19 bits per heavy atom. The van der Waals surface area contributed by atoms with Gasteiger partial charge in [-0.1, -0.05) is 0 Å². The molecule has 0 saturated heterocycles. The summed E-state index contributed by atoms with van der Waals surface area (Å²) < 4.78 is 0. The summed E-state index contributed by atoms with van der Waals surface area (Å²) in [5.74, 6) is -1.48. The number of amides is 3. The van der Waals surface area contributed by atoms with Gasteiger partial charge in [0.2, 0.25) is 5.91 Å². The number of benzene rings is 1. The van der Waals surface area contributed by atoms with Gasteiger partial charge in [0.1, 0.15) is 0 Å². The van der Waals surface area contributed by atoms with Gasteiger partial charge in [-0.05, 0) is 37.5 Å². The molecular formula is C14H17N3O4. The summed E-state index contributed by atoms with van der Waals surface area (Å²) in [6.07, 6.45) is 2.98. The lowest BCUT2D eigenvalue weighted by Crippen LogP contribution is -2.42.